The van der Waals surface area contributed by atoms with E-state index in [0.717, 1.165) is 0 Å². The number of methoxy groups -OCH3 is 2. The van der Waals surface area contributed by atoms with Gasteiger partial charge < -0.3 is 9.47 Å². The smallest absolute Gasteiger partial charge is 0.222 e. The molecule has 0 N–H and O–H groups in total. The first-order chi connectivity index (χ1) is 4.35. The van der Waals surface area contributed by atoms with Gasteiger partial charge in [-0.15, -0.1) is 0 Å². The van der Waals surface area contributed by atoms with Gasteiger partial charge >= 0.3 is 0 Å². The lowest BCUT2D eigenvalue weighted by Gasteiger charge is -2.02. The molecule has 0 aliphatic heterocycles. The number of rotatable bonds is 2. The zero-order valence-corrected chi connectivity index (χ0v) is 5.38. The minimum atomic E-state index is -0.588. The topological polar surface area (TPSA) is 35.5 Å². The van der Waals surface area contributed by atoms with Crippen LogP contribution in [0.3, 0.4) is 0 Å². The summed E-state index contributed by atoms with van der Waals surface area (Å²) in [5.41, 5.74) is 0. The van der Waals surface area contributed by atoms with Gasteiger partial charge in [-0.1, -0.05) is 0 Å². The van der Waals surface area contributed by atoms with Crippen molar-refractivity contribution in [2.75, 3.05) is 14.2 Å². The molecule has 0 heterocycles. The maximum Gasteiger partial charge on any atom is 0.222 e. The van der Waals surface area contributed by atoms with Crippen molar-refractivity contribution in [1.82, 2.24) is 0 Å². The van der Waals surface area contributed by atoms with E-state index in [4.69, 9.17) is 0 Å². The van der Waals surface area contributed by atoms with Crippen molar-refractivity contribution in [2.24, 2.45) is 0 Å². The summed E-state index contributed by atoms with van der Waals surface area (Å²) in [6.45, 7) is 0. The Balaban J connectivity index is 3.66. The van der Waals surface area contributed by atoms with Crippen molar-refractivity contribution in [3.63, 3.8) is 0 Å². The third-order valence-corrected chi connectivity index (χ3v) is 0.688. The molecule has 0 aromatic rings. The molecule has 0 spiro atoms. The number of hydrogen-bond acceptors (Lipinski definition) is 3. The van der Waals surface area contributed by atoms with E-state index < -0.39 is 6.29 Å². The van der Waals surface area contributed by atoms with Crippen LogP contribution in [-0.4, -0.2) is 26.8 Å². The molecule has 0 aliphatic rings. The molecule has 3 heteroatoms. The van der Waals surface area contributed by atoms with E-state index in [1.807, 2.05) is 0 Å². The maximum atomic E-state index is 9.66. The van der Waals surface area contributed by atoms with Gasteiger partial charge in [0.05, 0.1) is 0 Å². The first-order valence-corrected chi connectivity index (χ1v) is 2.35. The maximum absolute atomic E-state index is 9.66. The van der Waals surface area contributed by atoms with E-state index in [9.17, 15) is 4.79 Å². The summed E-state index contributed by atoms with van der Waals surface area (Å²) in [4.78, 5) is 9.66. The molecule has 50 valence electrons. The van der Waals surface area contributed by atoms with Crippen LogP contribution < -0.4 is 0 Å². The third kappa shape index (κ3) is 3.71. The lowest BCUT2D eigenvalue weighted by molar-refractivity contribution is -0.103. The van der Waals surface area contributed by atoms with Crippen molar-refractivity contribution < 1.29 is 14.3 Å². The van der Waals surface area contributed by atoms with Gasteiger partial charge in [-0.25, -0.2) is 0 Å². The lowest BCUT2D eigenvalue weighted by atomic mass is 10.6. The summed E-state index contributed by atoms with van der Waals surface area (Å²) in [6.07, 6.45) is -0.0967. The molecule has 0 aromatic carbocycles. The normalized spacial score (nSPS) is 8.33. The standard InChI is InChI=1S/C6H8O3/c1-8-6(9-2)4-3-5-7/h5-6H,1-2H3. The summed E-state index contributed by atoms with van der Waals surface area (Å²) < 4.78 is 9.29. The van der Waals surface area contributed by atoms with Crippen LogP contribution in [0, 0.1) is 11.8 Å². The molecule has 0 bridgehead atoms. The fraction of sp³-hybridized carbons (Fsp3) is 0.500. The van der Waals surface area contributed by atoms with Crippen molar-refractivity contribution in [3.8, 4) is 11.8 Å². The Bertz CT molecular complexity index is 127. The highest BCUT2D eigenvalue weighted by Gasteiger charge is 1.94. The van der Waals surface area contributed by atoms with Crippen LogP contribution in [0.4, 0.5) is 0 Å². The van der Waals surface area contributed by atoms with E-state index in [2.05, 4.69) is 21.3 Å². The molecule has 0 saturated heterocycles. The number of carbonyl (C=O) groups excluding carboxylic acids is 1. The Labute approximate surface area is 54.0 Å². The summed E-state index contributed by atoms with van der Waals surface area (Å²) >= 11 is 0. The summed E-state index contributed by atoms with van der Waals surface area (Å²) in [6, 6.07) is 0. The van der Waals surface area contributed by atoms with E-state index in [0.29, 0.717) is 6.29 Å². The van der Waals surface area contributed by atoms with Crippen LogP contribution in [0.2, 0.25) is 0 Å². The number of hydrogen-bond donors (Lipinski definition) is 0. The van der Waals surface area contributed by atoms with Gasteiger partial charge in [0.25, 0.3) is 0 Å². The average Bonchev–Trinajstić information content (AvgIpc) is 1.91. The van der Waals surface area contributed by atoms with Crippen molar-refractivity contribution in [3.05, 3.63) is 0 Å². The summed E-state index contributed by atoms with van der Waals surface area (Å²) in [5, 5.41) is 0. The van der Waals surface area contributed by atoms with Crippen LogP contribution >= 0.6 is 0 Å². The van der Waals surface area contributed by atoms with Gasteiger partial charge in [0.1, 0.15) is 0 Å². The predicted octanol–water partition coefficient (Wildman–Crippen LogP) is -0.192. The van der Waals surface area contributed by atoms with Gasteiger partial charge in [0, 0.05) is 14.2 Å². The Morgan fingerprint density at radius 1 is 1.44 bits per heavy atom. The number of aldehydes is 1. The van der Waals surface area contributed by atoms with E-state index in [1.165, 1.54) is 14.2 Å². The monoisotopic (exact) mass is 128 g/mol. The molecule has 0 radical (unpaired) electrons. The first kappa shape index (κ1) is 8.15. The Morgan fingerprint density at radius 3 is 2.33 bits per heavy atom. The number of ether oxygens (including phenoxy) is 2. The SMILES string of the molecule is COC(C#CC=O)OC. The zero-order valence-electron chi connectivity index (χ0n) is 5.38. The third-order valence-electron chi connectivity index (χ3n) is 0.688. The van der Waals surface area contributed by atoms with Gasteiger partial charge in [0.2, 0.25) is 6.29 Å². The minimum Gasteiger partial charge on any atom is -0.345 e. The second-order valence-electron chi connectivity index (χ2n) is 1.21. The molecule has 0 atom stereocenters. The Morgan fingerprint density at radius 2 is 2.00 bits per heavy atom. The molecule has 0 aromatic heterocycles. The number of carbonyl (C=O) groups is 1. The zero-order chi connectivity index (χ0) is 7.11. The molecule has 0 amide bonds. The lowest BCUT2D eigenvalue weighted by Crippen LogP contribution is -2.09. The van der Waals surface area contributed by atoms with Gasteiger partial charge in [-0.3, -0.25) is 4.79 Å². The van der Waals surface area contributed by atoms with Gasteiger partial charge in [0.15, 0.2) is 6.29 Å². The molecular weight excluding hydrogens is 120 g/mol. The highest BCUT2D eigenvalue weighted by atomic mass is 16.7. The van der Waals surface area contributed by atoms with Crippen molar-refractivity contribution in [1.29, 1.82) is 0 Å². The molecule has 0 saturated carbocycles. The second kappa shape index (κ2) is 5.29. The summed E-state index contributed by atoms with van der Waals surface area (Å²) in [5.74, 6) is 4.58. The minimum absolute atomic E-state index is 0.491. The quantitative estimate of drug-likeness (QED) is 0.293. The van der Waals surface area contributed by atoms with Crippen molar-refractivity contribution >= 4 is 6.29 Å². The largest absolute Gasteiger partial charge is 0.345 e. The highest BCUT2D eigenvalue weighted by Crippen LogP contribution is 1.84. The second-order valence-corrected chi connectivity index (χ2v) is 1.21. The fourth-order valence-electron chi connectivity index (χ4n) is 0.316. The fourth-order valence-corrected chi connectivity index (χ4v) is 0.316. The van der Waals surface area contributed by atoms with Crippen molar-refractivity contribution in [2.45, 2.75) is 6.29 Å². The van der Waals surface area contributed by atoms with E-state index >= 15 is 0 Å². The van der Waals surface area contributed by atoms with Crippen LogP contribution in [-0.2, 0) is 14.3 Å². The summed E-state index contributed by atoms with van der Waals surface area (Å²) in [7, 11) is 2.90. The van der Waals surface area contributed by atoms with Crippen LogP contribution in [0.1, 0.15) is 0 Å². The molecular formula is C6H8O3. The molecule has 9 heavy (non-hydrogen) atoms. The van der Waals surface area contributed by atoms with E-state index in [1.54, 1.807) is 0 Å². The molecule has 0 rings (SSSR count). The van der Waals surface area contributed by atoms with Crippen LogP contribution in [0.15, 0.2) is 0 Å². The Hall–Kier alpha value is -0.850. The van der Waals surface area contributed by atoms with Crippen LogP contribution in [0.25, 0.3) is 0 Å². The average molecular weight is 128 g/mol. The van der Waals surface area contributed by atoms with Gasteiger partial charge in [-0.05, 0) is 11.8 Å². The molecule has 0 aliphatic carbocycles. The molecule has 0 unspecified atom stereocenters. The van der Waals surface area contributed by atoms with Gasteiger partial charge in [-0.2, -0.15) is 0 Å². The first-order valence-electron chi connectivity index (χ1n) is 2.35. The molecule has 3 nitrogen and oxygen atoms in total. The van der Waals surface area contributed by atoms with Crippen LogP contribution in [0.5, 0.6) is 0 Å². The molecule has 0 fully saturated rings. The predicted molar refractivity (Wildman–Crippen MR) is 31.6 cm³/mol. The Kier molecular flexibility index (Phi) is 4.79. The van der Waals surface area contributed by atoms with E-state index in [-0.39, 0.29) is 0 Å². The highest BCUT2D eigenvalue weighted by molar-refractivity contribution is 5.72.